The number of ether oxygens (including phenoxy) is 1. The lowest BCUT2D eigenvalue weighted by molar-refractivity contribution is -0.233. The Labute approximate surface area is 219 Å². The van der Waals surface area contributed by atoms with E-state index in [2.05, 4.69) is 54.5 Å². The van der Waals surface area contributed by atoms with Gasteiger partial charge in [-0.2, -0.15) is 0 Å². The molecule has 0 amide bonds. The van der Waals surface area contributed by atoms with E-state index in [-0.39, 0.29) is 39.1 Å². The van der Waals surface area contributed by atoms with E-state index in [0.29, 0.717) is 17.8 Å². The lowest BCUT2D eigenvalue weighted by Gasteiger charge is -2.72. The number of hydrogen-bond acceptors (Lipinski definition) is 3. The number of carboxylic acid groups (broad SMARTS) is 1. The third-order valence-electron chi connectivity index (χ3n) is 13.3. The van der Waals surface area contributed by atoms with E-state index < -0.39 is 11.4 Å². The lowest BCUT2D eigenvalue weighted by atomic mass is 9.32. The van der Waals surface area contributed by atoms with Crippen molar-refractivity contribution in [2.75, 3.05) is 0 Å². The molecule has 0 aliphatic heterocycles. The number of carboxylic acids is 1. The zero-order chi connectivity index (χ0) is 26.5. The molecule has 0 heterocycles. The summed E-state index contributed by atoms with van der Waals surface area (Å²) < 4.78 is 5.88. The van der Waals surface area contributed by atoms with Gasteiger partial charge in [-0.05, 0) is 104 Å². The molecular formula is C32H50O4. The average molecular weight is 499 g/mol. The zero-order valence-corrected chi connectivity index (χ0v) is 24.1. The van der Waals surface area contributed by atoms with Crippen molar-refractivity contribution in [3.05, 3.63) is 11.6 Å². The number of hydrogen-bond donors (Lipinski definition) is 1. The van der Waals surface area contributed by atoms with Crippen LogP contribution in [0, 0.1) is 50.2 Å². The molecule has 4 saturated carbocycles. The Hall–Kier alpha value is -1.32. The summed E-state index contributed by atoms with van der Waals surface area (Å²) in [6, 6.07) is 0. The SMILES string of the molecule is CC(=O)OC1CC[C@]2(C)[C@H]3CC[C@@H]4C5=CC(C)(C)CC[C@]5(C(=O)O)CC[C@@]4(C)[C@]3(C)CC[C@H]2C1(C)C. The van der Waals surface area contributed by atoms with Crippen molar-refractivity contribution >= 4 is 11.9 Å². The topological polar surface area (TPSA) is 63.6 Å². The molecule has 4 heteroatoms. The minimum atomic E-state index is -0.645. The molecule has 0 aromatic heterocycles. The minimum Gasteiger partial charge on any atom is -0.481 e. The Morgan fingerprint density at radius 2 is 1.47 bits per heavy atom. The van der Waals surface area contributed by atoms with E-state index in [9.17, 15) is 14.7 Å². The van der Waals surface area contributed by atoms with Gasteiger partial charge < -0.3 is 9.84 Å². The van der Waals surface area contributed by atoms with Crippen LogP contribution in [0.15, 0.2) is 11.6 Å². The maximum absolute atomic E-state index is 12.8. The third-order valence-corrected chi connectivity index (χ3v) is 13.3. The number of allylic oxidation sites excluding steroid dienone is 1. The summed E-state index contributed by atoms with van der Waals surface area (Å²) in [5.74, 6) is 0.791. The molecule has 0 radical (unpaired) electrons. The highest BCUT2D eigenvalue weighted by atomic mass is 16.5. The van der Waals surface area contributed by atoms with E-state index in [1.54, 1.807) is 6.92 Å². The molecule has 8 atom stereocenters. The Balaban J connectivity index is 1.54. The molecule has 1 N–H and O–H groups in total. The summed E-state index contributed by atoms with van der Waals surface area (Å²) in [5.41, 5.74) is 1.23. The second-order valence-corrected chi connectivity index (χ2v) is 15.5. The van der Waals surface area contributed by atoms with Crippen molar-refractivity contribution in [2.24, 2.45) is 50.2 Å². The number of carbonyl (C=O) groups is 2. The summed E-state index contributed by atoms with van der Waals surface area (Å²) in [6.07, 6.45) is 12.7. The highest BCUT2D eigenvalue weighted by Crippen LogP contribution is 2.76. The first-order valence-electron chi connectivity index (χ1n) is 14.7. The Kier molecular flexibility index (Phi) is 5.74. The number of rotatable bonds is 2. The maximum atomic E-state index is 12.8. The number of fused-ring (bicyclic) bond motifs is 7. The molecule has 36 heavy (non-hydrogen) atoms. The number of aliphatic carboxylic acids is 1. The molecule has 5 aliphatic rings. The van der Waals surface area contributed by atoms with Gasteiger partial charge in [0.15, 0.2) is 0 Å². The molecule has 1 unspecified atom stereocenters. The van der Waals surface area contributed by atoms with Crippen molar-refractivity contribution < 1.29 is 19.4 Å². The van der Waals surface area contributed by atoms with Crippen LogP contribution in [0.2, 0.25) is 0 Å². The summed E-state index contributed by atoms with van der Waals surface area (Å²) in [5, 5.41) is 10.5. The van der Waals surface area contributed by atoms with Crippen LogP contribution in [0.4, 0.5) is 0 Å². The van der Waals surface area contributed by atoms with Gasteiger partial charge in [0.25, 0.3) is 0 Å². The molecule has 5 aliphatic carbocycles. The fourth-order valence-electron chi connectivity index (χ4n) is 11.1. The molecule has 4 fully saturated rings. The van der Waals surface area contributed by atoms with Crippen molar-refractivity contribution in [2.45, 2.75) is 126 Å². The van der Waals surface area contributed by atoms with E-state index >= 15 is 0 Å². The van der Waals surface area contributed by atoms with E-state index in [0.717, 1.165) is 44.9 Å². The minimum absolute atomic E-state index is 0.00449. The van der Waals surface area contributed by atoms with Crippen LogP contribution in [-0.2, 0) is 14.3 Å². The van der Waals surface area contributed by atoms with Gasteiger partial charge in [-0.15, -0.1) is 0 Å². The average Bonchev–Trinajstić information content (AvgIpc) is 2.75. The first-order chi connectivity index (χ1) is 16.5. The van der Waals surface area contributed by atoms with Gasteiger partial charge in [0.2, 0.25) is 0 Å². The normalized spacial score (nSPS) is 48.8. The van der Waals surface area contributed by atoms with Crippen LogP contribution in [0.3, 0.4) is 0 Å². The molecule has 0 aromatic rings. The van der Waals surface area contributed by atoms with Crippen molar-refractivity contribution in [3.63, 3.8) is 0 Å². The Morgan fingerprint density at radius 3 is 2.11 bits per heavy atom. The second-order valence-electron chi connectivity index (χ2n) is 15.5. The quantitative estimate of drug-likeness (QED) is 0.311. The van der Waals surface area contributed by atoms with Crippen molar-refractivity contribution in [1.29, 1.82) is 0 Å². The van der Waals surface area contributed by atoms with Crippen LogP contribution in [-0.4, -0.2) is 23.1 Å². The van der Waals surface area contributed by atoms with E-state index in [1.807, 2.05) is 0 Å². The molecule has 0 spiro atoms. The first kappa shape index (κ1) is 26.3. The fourth-order valence-corrected chi connectivity index (χ4v) is 11.1. The first-order valence-corrected chi connectivity index (χ1v) is 14.7. The predicted octanol–water partition coefficient (Wildman–Crippen LogP) is 7.80. The monoisotopic (exact) mass is 498 g/mol. The molecule has 0 saturated heterocycles. The van der Waals surface area contributed by atoms with E-state index in [4.69, 9.17) is 4.74 Å². The van der Waals surface area contributed by atoms with Crippen LogP contribution in [0.5, 0.6) is 0 Å². The fraction of sp³-hybridized carbons (Fsp3) is 0.875. The van der Waals surface area contributed by atoms with Gasteiger partial charge >= 0.3 is 11.9 Å². The Morgan fingerprint density at radius 1 is 0.806 bits per heavy atom. The zero-order valence-electron chi connectivity index (χ0n) is 24.1. The van der Waals surface area contributed by atoms with Gasteiger partial charge in [-0.25, -0.2) is 0 Å². The van der Waals surface area contributed by atoms with Gasteiger partial charge in [-0.1, -0.05) is 60.1 Å². The van der Waals surface area contributed by atoms with Crippen molar-refractivity contribution in [3.8, 4) is 0 Å². The van der Waals surface area contributed by atoms with Gasteiger partial charge in [0.05, 0.1) is 5.41 Å². The molecule has 0 aromatic carbocycles. The molecular weight excluding hydrogens is 448 g/mol. The van der Waals surface area contributed by atoms with E-state index in [1.165, 1.54) is 24.8 Å². The van der Waals surface area contributed by atoms with Gasteiger partial charge in [0, 0.05) is 12.3 Å². The van der Waals surface area contributed by atoms with Crippen LogP contribution in [0.1, 0.15) is 120 Å². The van der Waals surface area contributed by atoms with Gasteiger partial charge in [0.1, 0.15) is 6.10 Å². The Bertz CT molecular complexity index is 992. The smallest absolute Gasteiger partial charge is 0.313 e. The third kappa shape index (κ3) is 3.30. The summed E-state index contributed by atoms with van der Waals surface area (Å²) in [4.78, 5) is 24.7. The number of carbonyl (C=O) groups excluding carboxylic acids is 1. The predicted molar refractivity (Wildman–Crippen MR) is 142 cm³/mol. The molecule has 5 rings (SSSR count). The lowest BCUT2D eigenvalue weighted by Crippen LogP contribution is -2.66. The highest BCUT2D eigenvalue weighted by molar-refractivity contribution is 5.80. The molecule has 4 nitrogen and oxygen atoms in total. The maximum Gasteiger partial charge on any atom is 0.313 e. The largest absolute Gasteiger partial charge is 0.481 e. The number of esters is 1. The summed E-state index contributed by atoms with van der Waals surface area (Å²) in [6.45, 7) is 18.5. The highest BCUT2D eigenvalue weighted by Gasteiger charge is 2.70. The van der Waals surface area contributed by atoms with Crippen molar-refractivity contribution in [1.82, 2.24) is 0 Å². The summed E-state index contributed by atoms with van der Waals surface area (Å²) in [7, 11) is 0. The summed E-state index contributed by atoms with van der Waals surface area (Å²) >= 11 is 0. The molecule has 202 valence electrons. The van der Waals surface area contributed by atoms with Crippen LogP contribution in [0.25, 0.3) is 0 Å². The second kappa shape index (κ2) is 7.85. The van der Waals surface area contributed by atoms with Crippen LogP contribution >= 0.6 is 0 Å². The standard InChI is InChI=1S/C32H50O4/c1-20(33)36-25-12-13-29(6)23(28(25,4)5)11-14-31(8)24(29)10-9-21-22-19-27(2,3)15-17-32(22,26(34)35)18-16-30(21,31)7/h19,21,23-25H,9-18H2,1-8H3,(H,34,35)/t21-,23+,24-,25?,29+,30-,31-,32+/m1/s1. The molecule has 0 bridgehead atoms. The van der Waals surface area contributed by atoms with Crippen LogP contribution < -0.4 is 0 Å². The van der Waals surface area contributed by atoms with Gasteiger partial charge in [-0.3, -0.25) is 9.59 Å².